The summed E-state index contributed by atoms with van der Waals surface area (Å²) in [5, 5.41) is 2.98. The van der Waals surface area contributed by atoms with Crippen LogP contribution in [0, 0.1) is 6.92 Å². The molecule has 134 valence electrons. The number of nitrogens with one attached hydrogen (secondary N) is 1. The van der Waals surface area contributed by atoms with Crippen LogP contribution in [-0.4, -0.2) is 29.1 Å². The number of methoxy groups -OCH3 is 1. The van der Waals surface area contributed by atoms with Crippen molar-refractivity contribution in [2.75, 3.05) is 13.7 Å². The molecule has 0 aliphatic heterocycles. The Morgan fingerprint density at radius 3 is 2.69 bits per heavy atom. The molecule has 0 bridgehead atoms. The number of rotatable bonds is 7. The molecule has 0 unspecified atom stereocenters. The third kappa shape index (κ3) is 4.11. The third-order valence-electron chi connectivity index (χ3n) is 4.33. The first-order valence-corrected chi connectivity index (χ1v) is 8.68. The maximum Gasteiger partial charge on any atom is 0.251 e. The van der Waals surface area contributed by atoms with Gasteiger partial charge >= 0.3 is 0 Å². The summed E-state index contributed by atoms with van der Waals surface area (Å²) in [6.45, 7) is 3.42. The quantitative estimate of drug-likeness (QED) is 0.662. The van der Waals surface area contributed by atoms with Crippen LogP contribution in [0.3, 0.4) is 0 Å². The second-order valence-corrected chi connectivity index (χ2v) is 6.06. The van der Waals surface area contributed by atoms with E-state index in [0.717, 1.165) is 35.7 Å². The first-order chi connectivity index (χ1) is 12.7. The summed E-state index contributed by atoms with van der Waals surface area (Å²) in [6, 6.07) is 15.4. The summed E-state index contributed by atoms with van der Waals surface area (Å²) >= 11 is 0. The Bertz CT molecular complexity index is 872. The molecule has 0 atom stereocenters. The average Bonchev–Trinajstić information content (AvgIpc) is 3.10. The van der Waals surface area contributed by atoms with Crippen LogP contribution in [0.5, 0.6) is 5.75 Å². The van der Waals surface area contributed by atoms with E-state index in [1.807, 2.05) is 55.6 Å². The van der Waals surface area contributed by atoms with Crippen molar-refractivity contribution in [2.45, 2.75) is 19.9 Å². The van der Waals surface area contributed by atoms with Crippen molar-refractivity contribution < 1.29 is 9.53 Å². The largest absolute Gasteiger partial charge is 0.496 e. The molecule has 0 saturated carbocycles. The van der Waals surface area contributed by atoms with Gasteiger partial charge < -0.3 is 14.6 Å². The SMILES string of the molecule is COc1ccc(C(=O)NCCCn2ccnc2C)cc1-c1ccccc1. The molecule has 0 spiro atoms. The van der Waals surface area contributed by atoms with Crippen LogP contribution in [0.2, 0.25) is 0 Å². The van der Waals surface area contributed by atoms with Gasteiger partial charge in [-0.2, -0.15) is 0 Å². The molecule has 2 aromatic carbocycles. The molecule has 3 rings (SSSR count). The molecule has 0 aliphatic rings. The predicted molar refractivity (Wildman–Crippen MR) is 102 cm³/mol. The van der Waals surface area contributed by atoms with Crippen molar-refractivity contribution in [3.63, 3.8) is 0 Å². The number of aromatic nitrogens is 2. The predicted octanol–water partition coefficient (Wildman–Crippen LogP) is 3.69. The fourth-order valence-corrected chi connectivity index (χ4v) is 2.89. The fraction of sp³-hybridized carbons (Fsp3) is 0.238. The highest BCUT2D eigenvalue weighted by Gasteiger charge is 2.11. The molecule has 0 fully saturated rings. The number of aryl methyl sites for hydroxylation is 2. The summed E-state index contributed by atoms with van der Waals surface area (Å²) in [4.78, 5) is 16.7. The van der Waals surface area contributed by atoms with E-state index in [1.54, 1.807) is 19.4 Å². The lowest BCUT2D eigenvalue weighted by Crippen LogP contribution is -2.25. The van der Waals surface area contributed by atoms with Crippen molar-refractivity contribution >= 4 is 5.91 Å². The third-order valence-corrected chi connectivity index (χ3v) is 4.33. The van der Waals surface area contributed by atoms with E-state index in [1.165, 1.54) is 0 Å². The van der Waals surface area contributed by atoms with Crippen LogP contribution in [0.25, 0.3) is 11.1 Å². The Kier molecular flexibility index (Phi) is 5.69. The zero-order valence-corrected chi connectivity index (χ0v) is 15.1. The number of carbonyl (C=O) groups is 1. The fourth-order valence-electron chi connectivity index (χ4n) is 2.89. The maximum atomic E-state index is 12.5. The van der Waals surface area contributed by atoms with Gasteiger partial charge in [0.1, 0.15) is 11.6 Å². The lowest BCUT2D eigenvalue weighted by Gasteiger charge is -2.12. The number of hydrogen-bond donors (Lipinski definition) is 1. The molecule has 1 heterocycles. The molecule has 1 N–H and O–H groups in total. The molecular formula is C21H23N3O2. The molecule has 1 aromatic heterocycles. The van der Waals surface area contributed by atoms with Gasteiger partial charge in [-0.15, -0.1) is 0 Å². The van der Waals surface area contributed by atoms with Crippen LogP contribution in [0.4, 0.5) is 0 Å². The van der Waals surface area contributed by atoms with Gasteiger partial charge in [0.15, 0.2) is 0 Å². The number of nitrogens with zero attached hydrogens (tertiary/aromatic N) is 2. The van der Waals surface area contributed by atoms with Gasteiger partial charge in [0.2, 0.25) is 0 Å². The molecule has 0 aliphatic carbocycles. The first kappa shape index (κ1) is 17.7. The standard InChI is InChI=1S/C21H23N3O2/c1-16-22-12-14-24(16)13-6-11-23-21(25)18-9-10-20(26-2)19(15-18)17-7-4-3-5-8-17/h3-5,7-10,12,14-15H,6,11,13H2,1-2H3,(H,23,25). The van der Waals surface area contributed by atoms with Gasteiger partial charge in [0, 0.05) is 36.6 Å². The van der Waals surface area contributed by atoms with E-state index >= 15 is 0 Å². The minimum Gasteiger partial charge on any atom is -0.496 e. The Balaban J connectivity index is 1.65. The van der Waals surface area contributed by atoms with Gasteiger partial charge in [0.25, 0.3) is 5.91 Å². The summed E-state index contributed by atoms with van der Waals surface area (Å²) in [5.41, 5.74) is 2.56. The second kappa shape index (κ2) is 8.34. The second-order valence-electron chi connectivity index (χ2n) is 6.06. The van der Waals surface area contributed by atoms with Crippen molar-refractivity contribution in [2.24, 2.45) is 0 Å². The number of imidazole rings is 1. The van der Waals surface area contributed by atoms with E-state index in [0.29, 0.717) is 12.1 Å². The highest BCUT2D eigenvalue weighted by Crippen LogP contribution is 2.30. The highest BCUT2D eigenvalue weighted by molar-refractivity contribution is 5.96. The average molecular weight is 349 g/mol. The number of carbonyl (C=O) groups excluding carboxylic acids is 1. The van der Waals surface area contributed by atoms with Crippen molar-refractivity contribution in [1.82, 2.24) is 14.9 Å². The van der Waals surface area contributed by atoms with Crippen molar-refractivity contribution in [3.05, 3.63) is 72.3 Å². The number of ether oxygens (including phenoxy) is 1. The Morgan fingerprint density at radius 1 is 1.19 bits per heavy atom. The normalized spacial score (nSPS) is 10.5. The summed E-state index contributed by atoms with van der Waals surface area (Å²) in [6.07, 6.45) is 4.59. The summed E-state index contributed by atoms with van der Waals surface area (Å²) in [5.74, 6) is 1.66. The zero-order chi connectivity index (χ0) is 18.4. The Labute approximate surface area is 153 Å². The van der Waals surface area contributed by atoms with Gasteiger partial charge in [-0.25, -0.2) is 4.98 Å². The molecule has 1 amide bonds. The van der Waals surface area contributed by atoms with Crippen molar-refractivity contribution in [3.8, 4) is 16.9 Å². The van der Waals surface area contributed by atoms with Crippen LogP contribution in [0.1, 0.15) is 22.6 Å². The summed E-state index contributed by atoms with van der Waals surface area (Å²) < 4.78 is 7.52. The first-order valence-electron chi connectivity index (χ1n) is 8.68. The van der Waals surface area contributed by atoms with E-state index < -0.39 is 0 Å². The zero-order valence-electron chi connectivity index (χ0n) is 15.1. The molecular weight excluding hydrogens is 326 g/mol. The van der Waals surface area contributed by atoms with Crippen LogP contribution < -0.4 is 10.1 Å². The summed E-state index contributed by atoms with van der Waals surface area (Å²) in [7, 11) is 1.64. The lowest BCUT2D eigenvalue weighted by atomic mass is 10.0. The lowest BCUT2D eigenvalue weighted by molar-refractivity contribution is 0.0952. The molecule has 0 saturated heterocycles. The topological polar surface area (TPSA) is 56.1 Å². The Hall–Kier alpha value is -3.08. The molecule has 26 heavy (non-hydrogen) atoms. The van der Waals surface area contributed by atoms with Gasteiger partial charge in [0.05, 0.1) is 7.11 Å². The smallest absolute Gasteiger partial charge is 0.251 e. The number of amides is 1. The van der Waals surface area contributed by atoms with E-state index in [2.05, 4.69) is 14.9 Å². The molecule has 5 nitrogen and oxygen atoms in total. The minimum absolute atomic E-state index is 0.0767. The Morgan fingerprint density at radius 2 is 2.00 bits per heavy atom. The highest BCUT2D eigenvalue weighted by atomic mass is 16.5. The monoisotopic (exact) mass is 349 g/mol. The van der Waals surface area contributed by atoms with E-state index in [-0.39, 0.29) is 5.91 Å². The molecule has 5 heteroatoms. The van der Waals surface area contributed by atoms with Gasteiger partial charge in [-0.05, 0) is 37.1 Å². The van der Waals surface area contributed by atoms with Crippen molar-refractivity contribution in [1.29, 1.82) is 0 Å². The van der Waals surface area contributed by atoms with Crippen LogP contribution in [0.15, 0.2) is 60.9 Å². The maximum absolute atomic E-state index is 12.5. The van der Waals surface area contributed by atoms with Gasteiger partial charge in [-0.3, -0.25) is 4.79 Å². The number of hydrogen-bond acceptors (Lipinski definition) is 3. The number of benzene rings is 2. The van der Waals surface area contributed by atoms with Gasteiger partial charge in [-0.1, -0.05) is 30.3 Å². The minimum atomic E-state index is -0.0767. The molecule has 0 radical (unpaired) electrons. The van der Waals surface area contributed by atoms with E-state index in [4.69, 9.17) is 4.74 Å². The molecule has 3 aromatic rings. The van der Waals surface area contributed by atoms with Crippen LogP contribution >= 0.6 is 0 Å². The van der Waals surface area contributed by atoms with Crippen LogP contribution in [-0.2, 0) is 6.54 Å². The van der Waals surface area contributed by atoms with E-state index in [9.17, 15) is 4.79 Å².